The number of quaternary nitrogens is 1. The molecule has 0 aromatic carbocycles. The van der Waals surface area contributed by atoms with E-state index < -0.39 is 18.1 Å². The van der Waals surface area contributed by atoms with E-state index in [4.69, 9.17) is 14.2 Å². The molecule has 0 saturated heterocycles. The van der Waals surface area contributed by atoms with Gasteiger partial charge in [0.05, 0.1) is 34.4 Å². The molecule has 328 valence electrons. The maximum atomic E-state index is 12.7. The van der Waals surface area contributed by atoms with E-state index in [0.29, 0.717) is 19.3 Å². The summed E-state index contributed by atoms with van der Waals surface area (Å²) in [5, 5.41) is 9.62. The van der Waals surface area contributed by atoms with Crippen LogP contribution in [0, 0.1) is 0 Å². The summed E-state index contributed by atoms with van der Waals surface area (Å²) in [6.07, 6.45) is 48.3. The molecule has 0 bridgehead atoms. The summed E-state index contributed by atoms with van der Waals surface area (Å²) in [5.41, 5.74) is 0. The molecule has 0 aromatic rings. The van der Waals surface area contributed by atoms with E-state index in [1.807, 2.05) is 21.1 Å². The number of esters is 2. The van der Waals surface area contributed by atoms with Gasteiger partial charge >= 0.3 is 17.9 Å². The van der Waals surface area contributed by atoms with Crippen LogP contribution in [0.2, 0.25) is 0 Å². The minimum Gasteiger partial charge on any atom is -0.477 e. The van der Waals surface area contributed by atoms with Crippen molar-refractivity contribution in [3.05, 3.63) is 60.8 Å². The number of carboxylic acids is 1. The lowest BCUT2D eigenvalue weighted by atomic mass is 10.1. The molecule has 0 spiro atoms. The van der Waals surface area contributed by atoms with Gasteiger partial charge in [-0.1, -0.05) is 145 Å². The Bertz CT molecular complexity index is 1120. The Morgan fingerprint density at radius 1 is 0.526 bits per heavy atom. The smallest absolute Gasteiger partial charge is 0.362 e. The van der Waals surface area contributed by atoms with Crippen LogP contribution in [-0.4, -0.2) is 80.6 Å². The Morgan fingerprint density at radius 3 is 1.42 bits per heavy atom. The van der Waals surface area contributed by atoms with E-state index in [0.717, 1.165) is 89.9 Å². The number of likely N-dealkylation sites (N-methyl/N-ethyl adjacent to an activating group) is 1. The predicted octanol–water partition coefficient (Wildman–Crippen LogP) is 12.6. The molecule has 0 amide bonds. The number of rotatable bonds is 40. The van der Waals surface area contributed by atoms with Crippen LogP contribution in [0.25, 0.3) is 0 Å². The standard InChI is InChI=1S/C49H85NO7/c1-6-8-10-12-14-16-18-20-22-23-24-25-26-28-30-32-34-36-38-40-48(52)57-45(43-55-42-41-46(49(53)54)50(3,4)5)44-56-47(51)39-37-35-33-31-29-27-21-19-17-15-13-11-9-7-2/h13-16,19-22,24-25,45-46H,6-12,17-18,23,26-44H2,1-5H3/p+1/b15-13-,16-14-,21-19-,22-20-,25-24-. The topological polar surface area (TPSA) is 99.1 Å². The van der Waals surface area contributed by atoms with Gasteiger partial charge in [0, 0.05) is 19.3 Å². The highest BCUT2D eigenvalue weighted by atomic mass is 16.6. The van der Waals surface area contributed by atoms with E-state index in [9.17, 15) is 19.5 Å². The lowest BCUT2D eigenvalue weighted by molar-refractivity contribution is -0.887. The van der Waals surface area contributed by atoms with Crippen molar-refractivity contribution in [1.82, 2.24) is 0 Å². The third-order valence-electron chi connectivity index (χ3n) is 9.89. The molecule has 0 rings (SSSR count). The van der Waals surface area contributed by atoms with Crippen LogP contribution >= 0.6 is 0 Å². The zero-order valence-electron chi connectivity index (χ0n) is 37.3. The largest absolute Gasteiger partial charge is 0.477 e. The van der Waals surface area contributed by atoms with E-state index in [1.54, 1.807) is 0 Å². The van der Waals surface area contributed by atoms with Gasteiger partial charge in [-0.3, -0.25) is 9.59 Å². The molecule has 1 N–H and O–H groups in total. The lowest BCUT2D eigenvalue weighted by Gasteiger charge is -2.31. The molecular formula is C49H86NO7+. The summed E-state index contributed by atoms with van der Waals surface area (Å²) in [7, 11) is 5.51. The van der Waals surface area contributed by atoms with Crippen molar-refractivity contribution >= 4 is 17.9 Å². The first-order valence-electron chi connectivity index (χ1n) is 22.8. The number of carboxylic acid groups (broad SMARTS) is 1. The van der Waals surface area contributed by atoms with Crippen molar-refractivity contribution in [3.8, 4) is 0 Å². The van der Waals surface area contributed by atoms with Gasteiger partial charge in [0.25, 0.3) is 0 Å². The first-order valence-corrected chi connectivity index (χ1v) is 22.8. The second-order valence-corrected chi connectivity index (χ2v) is 16.3. The van der Waals surface area contributed by atoms with Crippen LogP contribution in [0.5, 0.6) is 0 Å². The van der Waals surface area contributed by atoms with Crippen LogP contribution < -0.4 is 0 Å². The van der Waals surface area contributed by atoms with Gasteiger partial charge < -0.3 is 23.8 Å². The van der Waals surface area contributed by atoms with Crippen molar-refractivity contribution < 1.29 is 38.2 Å². The SMILES string of the molecule is CCCC/C=C\C/C=C\CCCCCCCC(=O)OCC(COCCC(C(=O)O)[N+](C)(C)C)OC(=O)CCCCCCCC/C=C\C/C=C\C/C=C\CCCCC. The van der Waals surface area contributed by atoms with Crippen molar-refractivity contribution in [2.45, 2.75) is 193 Å². The molecule has 0 radical (unpaired) electrons. The molecule has 8 heteroatoms. The van der Waals surface area contributed by atoms with Gasteiger partial charge in [-0.05, 0) is 77.0 Å². The van der Waals surface area contributed by atoms with Crippen molar-refractivity contribution in [2.24, 2.45) is 0 Å². The highest BCUT2D eigenvalue weighted by Crippen LogP contribution is 2.13. The Morgan fingerprint density at radius 2 is 0.947 bits per heavy atom. The van der Waals surface area contributed by atoms with Gasteiger partial charge in [0.1, 0.15) is 6.61 Å². The number of nitrogens with zero attached hydrogens (tertiary/aromatic N) is 1. The summed E-state index contributed by atoms with van der Waals surface area (Å²) in [6.45, 7) is 4.63. The first-order chi connectivity index (χ1) is 27.6. The van der Waals surface area contributed by atoms with Crippen LogP contribution in [-0.2, 0) is 28.6 Å². The number of ether oxygens (including phenoxy) is 3. The second-order valence-electron chi connectivity index (χ2n) is 16.3. The van der Waals surface area contributed by atoms with Crippen LogP contribution in [0.15, 0.2) is 60.8 Å². The molecule has 0 heterocycles. The first kappa shape index (κ1) is 54.0. The summed E-state index contributed by atoms with van der Waals surface area (Å²) >= 11 is 0. The highest BCUT2D eigenvalue weighted by molar-refractivity contribution is 5.72. The van der Waals surface area contributed by atoms with E-state index in [2.05, 4.69) is 74.6 Å². The lowest BCUT2D eigenvalue weighted by Crippen LogP contribution is -2.50. The maximum absolute atomic E-state index is 12.7. The van der Waals surface area contributed by atoms with Crippen LogP contribution in [0.1, 0.15) is 181 Å². The molecule has 0 aliphatic rings. The minimum atomic E-state index is -0.881. The molecule has 0 saturated carbocycles. The summed E-state index contributed by atoms with van der Waals surface area (Å²) in [6, 6.07) is -0.621. The number of allylic oxidation sites excluding steroid dienone is 10. The average Bonchev–Trinajstić information content (AvgIpc) is 3.17. The van der Waals surface area contributed by atoms with Gasteiger partial charge in [0.15, 0.2) is 12.1 Å². The predicted molar refractivity (Wildman–Crippen MR) is 238 cm³/mol. The van der Waals surface area contributed by atoms with Crippen molar-refractivity contribution in [2.75, 3.05) is 41.0 Å². The van der Waals surface area contributed by atoms with Crippen molar-refractivity contribution in [3.63, 3.8) is 0 Å². The number of hydrogen-bond donors (Lipinski definition) is 1. The zero-order valence-corrected chi connectivity index (χ0v) is 37.3. The summed E-state index contributed by atoms with van der Waals surface area (Å²) in [5.74, 6) is -1.51. The molecule has 2 atom stereocenters. The van der Waals surface area contributed by atoms with E-state index in [-0.39, 0.29) is 36.2 Å². The van der Waals surface area contributed by atoms with Crippen LogP contribution in [0.4, 0.5) is 0 Å². The normalized spacial score (nSPS) is 13.5. The quantitative estimate of drug-likeness (QED) is 0.0285. The number of hydrogen-bond acceptors (Lipinski definition) is 6. The fraction of sp³-hybridized carbons (Fsp3) is 0.735. The monoisotopic (exact) mass is 801 g/mol. The Balaban J connectivity index is 4.38. The maximum Gasteiger partial charge on any atom is 0.362 e. The summed E-state index contributed by atoms with van der Waals surface area (Å²) in [4.78, 5) is 37.0. The Labute approximate surface area is 349 Å². The van der Waals surface area contributed by atoms with E-state index in [1.165, 1.54) is 57.8 Å². The molecule has 0 aliphatic heterocycles. The zero-order chi connectivity index (χ0) is 42.1. The molecule has 0 aliphatic carbocycles. The third-order valence-corrected chi connectivity index (χ3v) is 9.89. The molecular weight excluding hydrogens is 715 g/mol. The molecule has 2 unspecified atom stereocenters. The van der Waals surface area contributed by atoms with Gasteiger partial charge in [0.2, 0.25) is 0 Å². The second kappa shape index (κ2) is 39.8. The van der Waals surface area contributed by atoms with Gasteiger partial charge in [-0.25, -0.2) is 4.79 Å². The Kier molecular flexibility index (Phi) is 37.8. The number of carbonyl (C=O) groups is 3. The molecule has 57 heavy (non-hydrogen) atoms. The van der Waals surface area contributed by atoms with Crippen LogP contribution in [0.3, 0.4) is 0 Å². The molecule has 0 fully saturated rings. The highest BCUT2D eigenvalue weighted by Gasteiger charge is 2.31. The fourth-order valence-electron chi connectivity index (χ4n) is 6.29. The third kappa shape index (κ3) is 38.3. The average molecular weight is 801 g/mol. The summed E-state index contributed by atoms with van der Waals surface area (Å²) < 4.78 is 17.3. The van der Waals surface area contributed by atoms with E-state index >= 15 is 0 Å². The minimum absolute atomic E-state index is 0.0490. The Hall–Kier alpha value is -2.97. The number of carbonyl (C=O) groups excluding carboxylic acids is 2. The van der Waals surface area contributed by atoms with Crippen molar-refractivity contribution in [1.29, 1.82) is 0 Å². The van der Waals surface area contributed by atoms with Gasteiger partial charge in [-0.15, -0.1) is 0 Å². The molecule has 0 aromatic heterocycles. The molecule has 8 nitrogen and oxygen atoms in total. The van der Waals surface area contributed by atoms with Gasteiger partial charge in [-0.2, -0.15) is 0 Å². The number of aliphatic carboxylic acids is 1. The number of unbranched alkanes of at least 4 members (excludes halogenated alkanes) is 16. The fourth-order valence-corrected chi connectivity index (χ4v) is 6.29.